The Morgan fingerprint density at radius 3 is 2.85 bits per heavy atom. The Balaban J connectivity index is 1.57. The average Bonchev–Trinajstić information content (AvgIpc) is 3.34. The van der Waals surface area contributed by atoms with E-state index in [2.05, 4.69) is 30.6 Å². The number of aryl methyl sites for hydroxylation is 1. The SMILES string of the molecule is Cn1cnnc1-c1cccc(NC(=O)c2ccnc(-n3cncn3)c2)c1. The fraction of sp³-hybridized carbons (Fsp3) is 0.0588. The van der Waals surface area contributed by atoms with Gasteiger partial charge >= 0.3 is 0 Å². The highest BCUT2D eigenvalue weighted by atomic mass is 16.1. The third-order valence-corrected chi connectivity index (χ3v) is 3.75. The van der Waals surface area contributed by atoms with Crippen molar-refractivity contribution < 1.29 is 4.79 Å². The maximum absolute atomic E-state index is 12.6. The smallest absolute Gasteiger partial charge is 0.255 e. The van der Waals surface area contributed by atoms with E-state index in [1.807, 2.05) is 35.9 Å². The zero-order valence-corrected chi connectivity index (χ0v) is 13.8. The fourth-order valence-corrected chi connectivity index (χ4v) is 2.50. The summed E-state index contributed by atoms with van der Waals surface area (Å²) in [6.07, 6.45) is 6.12. The molecule has 0 saturated carbocycles. The van der Waals surface area contributed by atoms with Gasteiger partial charge in [-0.25, -0.2) is 14.6 Å². The minimum absolute atomic E-state index is 0.246. The zero-order chi connectivity index (χ0) is 17.9. The number of benzene rings is 1. The molecular weight excluding hydrogens is 332 g/mol. The summed E-state index contributed by atoms with van der Waals surface area (Å²) in [7, 11) is 1.86. The average molecular weight is 346 g/mol. The lowest BCUT2D eigenvalue weighted by molar-refractivity contribution is 0.102. The number of carbonyl (C=O) groups is 1. The summed E-state index contributed by atoms with van der Waals surface area (Å²) in [5, 5.41) is 14.9. The molecule has 26 heavy (non-hydrogen) atoms. The van der Waals surface area contributed by atoms with E-state index in [0.29, 0.717) is 17.1 Å². The highest BCUT2D eigenvalue weighted by Crippen LogP contribution is 2.20. The molecule has 9 heteroatoms. The molecule has 0 aliphatic carbocycles. The Hall–Kier alpha value is -3.88. The summed E-state index contributed by atoms with van der Waals surface area (Å²) in [6.45, 7) is 0. The molecule has 0 fully saturated rings. The molecule has 1 amide bonds. The van der Waals surface area contributed by atoms with Gasteiger partial charge in [-0.05, 0) is 24.3 Å². The first-order valence-corrected chi connectivity index (χ1v) is 7.77. The predicted octanol–water partition coefficient (Wildman–Crippen LogP) is 1.71. The van der Waals surface area contributed by atoms with Crippen LogP contribution in [0.3, 0.4) is 0 Å². The number of rotatable bonds is 4. The molecule has 3 heterocycles. The minimum atomic E-state index is -0.246. The van der Waals surface area contributed by atoms with Crippen molar-refractivity contribution in [3.63, 3.8) is 0 Å². The molecule has 0 aliphatic heterocycles. The monoisotopic (exact) mass is 346 g/mol. The van der Waals surface area contributed by atoms with Crippen molar-refractivity contribution in [2.45, 2.75) is 0 Å². The van der Waals surface area contributed by atoms with Gasteiger partial charge in [0.25, 0.3) is 5.91 Å². The van der Waals surface area contributed by atoms with Gasteiger partial charge in [0.1, 0.15) is 19.0 Å². The van der Waals surface area contributed by atoms with Crippen LogP contribution in [-0.2, 0) is 7.05 Å². The highest BCUT2D eigenvalue weighted by molar-refractivity contribution is 6.04. The van der Waals surface area contributed by atoms with E-state index in [4.69, 9.17) is 0 Å². The Morgan fingerprint density at radius 1 is 1.15 bits per heavy atom. The van der Waals surface area contributed by atoms with E-state index in [-0.39, 0.29) is 5.91 Å². The van der Waals surface area contributed by atoms with Crippen LogP contribution in [0.2, 0.25) is 0 Å². The number of anilines is 1. The molecule has 128 valence electrons. The van der Waals surface area contributed by atoms with Crippen LogP contribution in [0, 0.1) is 0 Å². The molecule has 1 N–H and O–H groups in total. The summed E-state index contributed by atoms with van der Waals surface area (Å²) in [4.78, 5) is 20.7. The maximum Gasteiger partial charge on any atom is 0.255 e. The van der Waals surface area contributed by atoms with E-state index < -0.39 is 0 Å². The van der Waals surface area contributed by atoms with Gasteiger partial charge in [0.05, 0.1) is 0 Å². The molecule has 4 rings (SSSR count). The van der Waals surface area contributed by atoms with Crippen LogP contribution in [0.1, 0.15) is 10.4 Å². The largest absolute Gasteiger partial charge is 0.322 e. The van der Waals surface area contributed by atoms with Crippen molar-refractivity contribution in [3.8, 4) is 17.2 Å². The summed E-state index contributed by atoms with van der Waals surface area (Å²) in [6, 6.07) is 10.7. The number of amides is 1. The molecule has 3 aromatic heterocycles. The zero-order valence-electron chi connectivity index (χ0n) is 13.8. The van der Waals surface area contributed by atoms with Crippen molar-refractivity contribution in [3.05, 3.63) is 67.1 Å². The Labute approximate surface area is 148 Å². The van der Waals surface area contributed by atoms with Gasteiger partial charge < -0.3 is 9.88 Å². The van der Waals surface area contributed by atoms with Gasteiger partial charge in [-0.3, -0.25) is 4.79 Å². The third-order valence-electron chi connectivity index (χ3n) is 3.75. The van der Waals surface area contributed by atoms with E-state index >= 15 is 0 Å². The third kappa shape index (κ3) is 3.05. The van der Waals surface area contributed by atoms with Crippen molar-refractivity contribution in [2.75, 3.05) is 5.32 Å². The Kier molecular flexibility index (Phi) is 3.94. The maximum atomic E-state index is 12.6. The molecular formula is C17H14N8O. The standard InChI is InChI=1S/C17H14N8O/c1-24-11-20-23-16(24)12-3-2-4-14(7-12)22-17(26)13-5-6-19-15(8-13)25-10-18-9-21-25/h2-11H,1H3,(H,22,26). The molecule has 0 aliphatic rings. The van der Waals surface area contributed by atoms with Gasteiger partial charge in [0.2, 0.25) is 0 Å². The number of nitrogens with one attached hydrogen (secondary N) is 1. The van der Waals surface area contributed by atoms with Gasteiger partial charge in [-0.1, -0.05) is 12.1 Å². The molecule has 0 saturated heterocycles. The van der Waals surface area contributed by atoms with Crippen LogP contribution in [0.4, 0.5) is 5.69 Å². The predicted molar refractivity (Wildman–Crippen MR) is 93.5 cm³/mol. The number of hydrogen-bond acceptors (Lipinski definition) is 6. The molecule has 4 aromatic rings. The number of aromatic nitrogens is 7. The quantitative estimate of drug-likeness (QED) is 0.603. The van der Waals surface area contributed by atoms with Gasteiger partial charge in [-0.15, -0.1) is 10.2 Å². The summed E-state index contributed by atoms with van der Waals surface area (Å²) in [5.41, 5.74) is 1.99. The van der Waals surface area contributed by atoms with Gasteiger partial charge in [0, 0.05) is 30.1 Å². The second-order valence-corrected chi connectivity index (χ2v) is 5.54. The fourth-order valence-electron chi connectivity index (χ4n) is 2.50. The molecule has 0 spiro atoms. The van der Waals surface area contributed by atoms with E-state index in [1.54, 1.807) is 24.7 Å². The molecule has 0 unspecified atom stereocenters. The molecule has 0 atom stereocenters. The number of hydrogen-bond donors (Lipinski definition) is 1. The minimum Gasteiger partial charge on any atom is -0.322 e. The van der Waals surface area contributed by atoms with Crippen molar-refractivity contribution >= 4 is 11.6 Å². The lowest BCUT2D eigenvalue weighted by Gasteiger charge is -2.08. The lowest BCUT2D eigenvalue weighted by Crippen LogP contribution is -2.13. The highest BCUT2D eigenvalue weighted by Gasteiger charge is 2.10. The molecule has 0 bridgehead atoms. The topological polar surface area (TPSA) is 103 Å². The van der Waals surface area contributed by atoms with Crippen LogP contribution in [0.25, 0.3) is 17.2 Å². The molecule has 9 nitrogen and oxygen atoms in total. The van der Waals surface area contributed by atoms with Crippen molar-refractivity contribution in [1.82, 2.24) is 34.5 Å². The van der Waals surface area contributed by atoms with Gasteiger partial charge in [-0.2, -0.15) is 5.10 Å². The van der Waals surface area contributed by atoms with E-state index in [1.165, 1.54) is 17.3 Å². The van der Waals surface area contributed by atoms with E-state index in [0.717, 1.165) is 11.4 Å². The molecule has 0 radical (unpaired) electrons. The van der Waals surface area contributed by atoms with Crippen LogP contribution < -0.4 is 5.32 Å². The Morgan fingerprint density at radius 2 is 2.08 bits per heavy atom. The molecule has 1 aromatic carbocycles. The normalized spacial score (nSPS) is 10.7. The number of carbonyl (C=O) groups excluding carboxylic acids is 1. The lowest BCUT2D eigenvalue weighted by atomic mass is 10.1. The van der Waals surface area contributed by atoms with Crippen LogP contribution in [0.15, 0.2) is 61.6 Å². The number of pyridine rings is 1. The first-order valence-electron chi connectivity index (χ1n) is 7.77. The van der Waals surface area contributed by atoms with Crippen LogP contribution >= 0.6 is 0 Å². The summed E-state index contributed by atoms with van der Waals surface area (Å²) in [5.74, 6) is 0.991. The Bertz CT molecular complexity index is 1050. The summed E-state index contributed by atoms with van der Waals surface area (Å²) >= 11 is 0. The number of nitrogens with zero attached hydrogens (tertiary/aromatic N) is 7. The second-order valence-electron chi connectivity index (χ2n) is 5.54. The van der Waals surface area contributed by atoms with E-state index in [9.17, 15) is 4.79 Å². The first kappa shape index (κ1) is 15.6. The van der Waals surface area contributed by atoms with Crippen molar-refractivity contribution in [1.29, 1.82) is 0 Å². The van der Waals surface area contributed by atoms with Crippen molar-refractivity contribution in [2.24, 2.45) is 7.05 Å². The van der Waals surface area contributed by atoms with Crippen LogP contribution in [0.5, 0.6) is 0 Å². The second kappa shape index (κ2) is 6.55. The van der Waals surface area contributed by atoms with Gasteiger partial charge in [0.15, 0.2) is 11.6 Å². The summed E-state index contributed by atoms with van der Waals surface area (Å²) < 4.78 is 3.31. The first-order chi connectivity index (χ1) is 12.7. The van der Waals surface area contributed by atoms with Crippen LogP contribution in [-0.4, -0.2) is 40.4 Å².